The Kier molecular flexibility index (Phi) is 7.23. The van der Waals surface area contributed by atoms with Crippen molar-refractivity contribution in [3.8, 4) is 0 Å². The van der Waals surface area contributed by atoms with E-state index in [1.807, 2.05) is 0 Å². The molecule has 0 bridgehead atoms. The summed E-state index contributed by atoms with van der Waals surface area (Å²) in [5, 5.41) is 22.0. The highest BCUT2D eigenvalue weighted by Crippen LogP contribution is 2.30. The first kappa shape index (κ1) is 15.4. The van der Waals surface area contributed by atoms with Crippen molar-refractivity contribution < 1.29 is 19.7 Å². The summed E-state index contributed by atoms with van der Waals surface area (Å²) in [7, 11) is 0. The fraction of sp³-hybridized carbons (Fsp3) is 0.923. The van der Waals surface area contributed by atoms with Crippen LogP contribution in [0, 0.1) is 11.8 Å². The summed E-state index contributed by atoms with van der Waals surface area (Å²) in [5.41, 5.74) is 0. The molecule has 18 heavy (non-hydrogen) atoms. The van der Waals surface area contributed by atoms with E-state index in [-0.39, 0.29) is 19.0 Å². The number of aliphatic hydroxyl groups is 2. The van der Waals surface area contributed by atoms with Gasteiger partial charge in [-0.25, -0.2) is 0 Å². The lowest BCUT2D eigenvalue weighted by Crippen LogP contribution is -2.34. The Morgan fingerprint density at radius 1 is 1.44 bits per heavy atom. The summed E-state index contributed by atoms with van der Waals surface area (Å²) in [5.74, 6) is 0.519. The first-order valence-corrected chi connectivity index (χ1v) is 6.82. The quantitative estimate of drug-likeness (QED) is 0.546. The molecule has 1 aliphatic rings. The van der Waals surface area contributed by atoms with Crippen molar-refractivity contribution >= 4 is 5.97 Å². The van der Waals surface area contributed by atoms with Crippen LogP contribution in [0.3, 0.4) is 0 Å². The van der Waals surface area contributed by atoms with Crippen molar-refractivity contribution in [2.24, 2.45) is 11.8 Å². The average molecular weight is 259 g/mol. The third-order valence-electron chi connectivity index (χ3n) is 3.55. The fourth-order valence-electron chi connectivity index (χ4n) is 2.54. The largest absolute Gasteiger partial charge is 0.466 e. The summed E-state index contributed by atoms with van der Waals surface area (Å²) in [6.45, 7) is 3.53. The second-order valence-corrected chi connectivity index (χ2v) is 4.95. The molecule has 0 saturated heterocycles. The van der Waals surface area contributed by atoms with E-state index >= 15 is 0 Å². The monoisotopic (exact) mass is 259 g/mol. The molecule has 0 aromatic rings. The SMILES string of the molecule is CCOC(=O)CC(O)CNCC1CCCC1CO. The number of rotatable bonds is 8. The van der Waals surface area contributed by atoms with Crippen molar-refractivity contribution in [2.75, 3.05) is 26.3 Å². The molecule has 0 radical (unpaired) electrons. The predicted molar refractivity (Wildman–Crippen MR) is 68.0 cm³/mol. The highest BCUT2D eigenvalue weighted by Gasteiger charge is 2.26. The van der Waals surface area contributed by atoms with Gasteiger partial charge in [-0.15, -0.1) is 0 Å². The van der Waals surface area contributed by atoms with Crippen LogP contribution in [-0.4, -0.2) is 48.6 Å². The zero-order valence-electron chi connectivity index (χ0n) is 11.1. The molecule has 1 rings (SSSR count). The Morgan fingerprint density at radius 3 is 2.83 bits per heavy atom. The van der Waals surface area contributed by atoms with E-state index in [4.69, 9.17) is 4.74 Å². The topological polar surface area (TPSA) is 78.8 Å². The number of ether oxygens (including phenoxy) is 1. The van der Waals surface area contributed by atoms with E-state index in [1.54, 1.807) is 6.92 Å². The molecule has 5 nitrogen and oxygen atoms in total. The molecule has 3 N–H and O–H groups in total. The summed E-state index contributed by atoms with van der Waals surface area (Å²) in [6.07, 6.45) is 2.73. The van der Waals surface area contributed by atoms with Gasteiger partial charge in [-0.2, -0.15) is 0 Å². The maximum absolute atomic E-state index is 11.1. The molecule has 106 valence electrons. The van der Waals surface area contributed by atoms with Crippen LogP contribution in [0.5, 0.6) is 0 Å². The third kappa shape index (κ3) is 5.33. The van der Waals surface area contributed by atoms with E-state index in [1.165, 1.54) is 6.42 Å². The standard InChI is InChI=1S/C13H25NO4/c1-2-18-13(17)6-12(16)8-14-7-10-4-3-5-11(10)9-15/h10-12,14-16H,2-9H2,1H3. The highest BCUT2D eigenvalue weighted by atomic mass is 16.5. The van der Waals surface area contributed by atoms with Crippen molar-refractivity contribution in [1.82, 2.24) is 5.32 Å². The number of esters is 1. The minimum absolute atomic E-state index is 0.0366. The van der Waals surface area contributed by atoms with Gasteiger partial charge in [0.15, 0.2) is 0 Å². The number of hydrogen-bond donors (Lipinski definition) is 3. The Balaban J connectivity index is 2.11. The molecular formula is C13H25NO4. The Bertz CT molecular complexity index is 247. The molecule has 0 amide bonds. The van der Waals surface area contributed by atoms with Gasteiger partial charge in [0.1, 0.15) is 0 Å². The Labute approximate surface area is 109 Å². The molecule has 5 heteroatoms. The van der Waals surface area contributed by atoms with Gasteiger partial charge in [0.05, 0.1) is 19.1 Å². The second kappa shape index (κ2) is 8.45. The van der Waals surface area contributed by atoms with Crippen LogP contribution >= 0.6 is 0 Å². The van der Waals surface area contributed by atoms with Gasteiger partial charge in [-0.1, -0.05) is 6.42 Å². The molecule has 0 aromatic carbocycles. The maximum atomic E-state index is 11.1. The minimum Gasteiger partial charge on any atom is -0.466 e. The van der Waals surface area contributed by atoms with Gasteiger partial charge in [0.2, 0.25) is 0 Å². The van der Waals surface area contributed by atoms with Crippen LogP contribution in [0.1, 0.15) is 32.6 Å². The molecule has 0 spiro atoms. The summed E-state index contributed by atoms with van der Waals surface area (Å²) >= 11 is 0. The van der Waals surface area contributed by atoms with Gasteiger partial charge in [0.25, 0.3) is 0 Å². The van der Waals surface area contributed by atoms with Crippen molar-refractivity contribution in [3.05, 3.63) is 0 Å². The summed E-state index contributed by atoms with van der Waals surface area (Å²) in [4.78, 5) is 11.1. The number of nitrogens with one attached hydrogen (secondary N) is 1. The van der Waals surface area contributed by atoms with E-state index in [0.717, 1.165) is 19.4 Å². The molecule has 3 atom stereocenters. The first-order chi connectivity index (χ1) is 8.67. The van der Waals surface area contributed by atoms with Crippen LogP contribution < -0.4 is 5.32 Å². The van der Waals surface area contributed by atoms with Gasteiger partial charge in [-0.05, 0) is 38.1 Å². The van der Waals surface area contributed by atoms with E-state index in [9.17, 15) is 15.0 Å². The van der Waals surface area contributed by atoms with Crippen LogP contribution in [0.4, 0.5) is 0 Å². The number of carbonyl (C=O) groups is 1. The molecule has 1 saturated carbocycles. The number of hydrogen-bond acceptors (Lipinski definition) is 5. The lowest BCUT2D eigenvalue weighted by atomic mass is 9.97. The van der Waals surface area contributed by atoms with Gasteiger partial charge in [0, 0.05) is 13.2 Å². The zero-order valence-corrected chi connectivity index (χ0v) is 11.1. The molecule has 0 heterocycles. The number of aliphatic hydroxyl groups excluding tert-OH is 2. The molecule has 1 fully saturated rings. The highest BCUT2D eigenvalue weighted by molar-refractivity contribution is 5.69. The molecule has 0 aromatic heterocycles. The molecule has 0 aliphatic heterocycles. The second-order valence-electron chi connectivity index (χ2n) is 4.95. The fourth-order valence-corrected chi connectivity index (χ4v) is 2.54. The Hall–Kier alpha value is -0.650. The summed E-state index contributed by atoms with van der Waals surface area (Å²) < 4.78 is 4.77. The van der Waals surface area contributed by atoms with E-state index in [2.05, 4.69) is 5.32 Å². The normalized spacial score (nSPS) is 25.1. The first-order valence-electron chi connectivity index (χ1n) is 6.82. The van der Waals surface area contributed by atoms with Crippen LogP contribution in [0.2, 0.25) is 0 Å². The zero-order chi connectivity index (χ0) is 13.4. The van der Waals surface area contributed by atoms with Gasteiger partial charge >= 0.3 is 5.97 Å². The van der Waals surface area contributed by atoms with Crippen molar-refractivity contribution in [3.63, 3.8) is 0 Å². The smallest absolute Gasteiger partial charge is 0.308 e. The van der Waals surface area contributed by atoms with Gasteiger partial charge < -0.3 is 20.3 Å². The lowest BCUT2D eigenvalue weighted by Gasteiger charge is -2.19. The van der Waals surface area contributed by atoms with Crippen molar-refractivity contribution in [1.29, 1.82) is 0 Å². The maximum Gasteiger partial charge on any atom is 0.308 e. The predicted octanol–water partition coefficient (Wildman–Crippen LogP) is 0.299. The molecule has 3 unspecified atom stereocenters. The van der Waals surface area contributed by atoms with E-state index < -0.39 is 6.10 Å². The number of carbonyl (C=O) groups excluding carboxylic acids is 1. The molecular weight excluding hydrogens is 234 g/mol. The van der Waals surface area contributed by atoms with Crippen LogP contribution in [0.25, 0.3) is 0 Å². The Morgan fingerprint density at radius 2 is 2.17 bits per heavy atom. The average Bonchev–Trinajstić information content (AvgIpc) is 2.76. The molecule has 1 aliphatic carbocycles. The summed E-state index contributed by atoms with van der Waals surface area (Å²) in [6, 6.07) is 0. The lowest BCUT2D eigenvalue weighted by molar-refractivity contribution is -0.145. The van der Waals surface area contributed by atoms with E-state index in [0.29, 0.717) is 25.0 Å². The third-order valence-corrected chi connectivity index (χ3v) is 3.55. The van der Waals surface area contributed by atoms with Crippen LogP contribution in [-0.2, 0) is 9.53 Å². The minimum atomic E-state index is -0.696. The van der Waals surface area contributed by atoms with Crippen LogP contribution in [0.15, 0.2) is 0 Å². The van der Waals surface area contributed by atoms with Crippen molar-refractivity contribution in [2.45, 2.75) is 38.7 Å². The van der Waals surface area contributed by atoms with Gasteiger partial charge in [-0.3, -0.25) is 4.79 Å².